The summed E-state index contributed by atoms with van der Waals surface area (Å²) in [5.41, 5.74) is 0. The molecule has 0 aromatic rings. The molecular weight excluding hydrogens is 210 g/mol. The van der Waals surface area contributed by atoms with Gasteiger partial charge in [-0.15, -0.1) is 0 Å². The molecule has 0 atom stereocenters. The summed E-state index contributed by atoms with van der Waals surface area (Å²) >= 11 is 0. The van der Waals surface area contributed by atoms with Gasteiger partial charge >= 0.3 is 0 Å². The van der Waals surface area contributed by atoms with Gasteiger partial charge in [-0.25, -0.2) is 13.1 Å². The predicted molar refractivity (Wildman–Crippen MR) is 63.3 cm³/mol. The Morgan fingerprint density at radius 3 is 2.20 bits per heavy atom. The minimum atomic E-state index is -3.16. The molecule has 0 saturated heterocycles. The van der Waals surface area contributed by atoms with E-state index in [0.717, 1.165) is 25.7 Å². The van der Waals surface area contributed by atoms with Crippen molar-refractivity contribution in [2.45, 2.75) is 70.1 Å². The molecule has 90 valence electrons. The van der Waals surface area contributed by atoms with Gasteiger partial charge in [-0.1, -0.05) is 26.2 Å². The first-order chi connectivity index (χ1) is 6.89. The van der Waals surface area contributed by atoms with E-state index < -0.39 is 14.8 Å². The first kappa shape index (κ1) is 13.0. The topological polar surface area (TPSA) is 46.2 Å². The van der Waals surface area contributed by atoms with Crippen molar-refractivity contribution < 1.29 is 8.42 Å². The first-order valence-corrected chi connectivity index (χ1v) is 7.39. The third-order valence-corrected chi connectivity index (χ3v) is 5.89. The molecule has 1 saturated carbocycles. The lowest BCUT2D eigenvalue weighted by Gasteiger charge is -2.29. The van der Waals surface area contributed by atoms with E-state index in [1.807, 2.05) is 6.92 Å². The summed E-state index contributed by atoms with van der Waals surface area (Å²) in [4.78, 5) is 0. The summed E-state index contributed by atoms with van der Waals surface area (Å²) in [5.74, 6) is 0. The second kappa shape index (κ2) is 4.83. The van der Waals surface area contributed by atoms with Crippen LogP contribution in [0.5, 0.6) is 0 Å². The monoisotopic (exact) mass is 233 g/mol. The van der Waals surface area contributed by atoms with E-state index in [-0.39, 0.29) is 6.04 Å². The van der Waals surface area contributed by atoms with Crippen molar-refractivity contribution in [3.05, 3.63) is 0 Å². The van der Waals surface area contributed by atoms with Gasteiger partial charge in [-0.3, -0.25) is 0 Å². The Morgan fingerprint density at radius 2 is 1.73 bits per heavy atom. The van der Waals surface area contributed by atoms with Gasteiger partial charge < -0.3 is 0 Å². The summed E-state index contributed by atoms with van der Waals surface area (Å²) in [6, 6.07) is 0.176. The Bertz CT molecular complexity index is 290. The van der Waals surface area contributed by atoms with Gasteiger partial charge in [-0.05, 0) is 33.1 Å². The highest BCUT2D eigenvalue weighted by Gasteiger charge is 2.34. The number of rotatable bonds is 4. The Morgan fingerprint density at radius 1 is 1.20 bits per heavy atom. The summed E-state index contributed by atoms with van der Waals surface area (Å²) in [5, 5.41) is 0. The zero-order chi connectivity index (χ0) is 11.5. The number of sulfonamides is 1. The second-order valence-corrected chi connectivity index (χ2v) is 7.42. The Balaban J connectivity index is 2.63. The lowest BCUT2D eigenvalue weighted by Crippen LogP contribution is -2.46. The predicted octanol–water partition coefficient (Wildman–Crippen LogP) is 2.43. The first-order valence-electron chi connectivity index (χ1n) is 5.91. The van der Waals surface area contributed by atoms with E-state index in [4.69, 9.17) is 0 Å². The normalized spacial score (nSPS) is 20.5. The van der Waals surface area contributed by atoms with Crippen molar-refractivity contribution in [2.24, 2.45) is 0 Å². The van der Waals surface area contributed by atoms with Gasteiger partial charge in [0.15, 0.2) is 0 Å². The smallest absolute Gasteiger partial charge is 0.212 e. The summed E-state index contributed by atoms with van der Waals surface area (Å²) in [7, 11) is -3.16. The number of hydrogen-bond acceptors (Lipinski definition) is 2. The zero-order valence-electron chi connectivity index (χ0n) is 10.0. The molecule has 0 aromatic carbocycles. The van der Waals surface area contributed by atoms with Crippen molar-refractivity contribution in [3.8, 4) is 0 Å². The highest BCUT2D eigenvalue weighted by Crippen LogP contribution is 2.23. The van der Waals surface area contributed by atoms with Crippen molar-refractivity contribution in [2.75, 3.05) is 0 Å². The fourth-order valence-electron chi connectivity index (χ4n) is 1.79. The van der Waals surface area contributed by atoms with Gasteiger partial charge in [0.25, 0.3) is 0 Å². The van der Waals surface area contributed by atoms with Gasteiger partial charge in [0.05, 0.1) is 4.75 Å². The Kier molecular flexibility index (Phi) is 4.18. The summed E-state index contributed by atoms with van der Waals surface area (Å²) in [6.45, 7) is 5.50. The summed E-state index contributed by atoms with van der Waals surface area (Å²) < 4.78 is 26.3. The molecule has 4 heteroatoms. The van der Waals surface area contributed by atoms with Crippen LogP contribution in [0.15, 0.2) is 0 Å². The molecule has 1 N–H and O–H groups in total. The molecule has 3 nitrogen and oxygen atoms in total. The van der Waals surface area contributed by atoms with E-state index in [9.17, 15) is 8.42 Å². The van der Waals surface area contributed by atoms with Gasteiger partial charge in [0.2, 0.25) is 10.0 Å². The van der Waals surface area contributed by atoms with Crippen LogP contribution in [-0.2, 0) is 10.0 Å². The minimum Gasteiger partial charge on any atom is -0.212 e. The SMILES string of the molecule is CCC(C)(C)S(=O)(=O)NC1CCCCC1. The molecular formula is C11H23NO2S. The highest BCUT2D eigenvalue weighted by atomic mass is 32.2. The maximum Gasteiger partial charge on any atom is 0.217 e. The fraction of sp³-hybridized carbons (Fsp3) is 1.00. The minimum absolute atomic E-state index is 0.176. The Labute approximate surface area is 93.7 Å². The van der Waals surface area contributed by atoms with Crippen LogP contribution >= 0.6 is 0 Å². The second-order valence-electron chi connectivity index (χ2n) is 5.07. The van der Waals surface area contributed by atoms with Crippen molar-refractivity contribution in [1.29, 1.82) is 0 Å². The maximum absolute atomic E-state index is 12.0. The molecule has 0 heterocycles. The van der Waals surface area contributed by atoms with Crippen LogP contribution in [0.1, 0.15) is 59.3 Å². The van der Waals surface area contributed by atoms with Crippen LogP contribution in [-0.4, -0.2) is 19.2 Å². The van der Waals surface area contributed by atoms with Gasteiger partial charge in [-0.2, -0.15) is 0 Å². The molecule has 0 spiro atoms. The molecule has 1 aliphatic rings. The van der Waals surface area contributed by atoms with Crippen LogP contribution in [0.2, 0.25) is 0 Å². The van der Waals surface area contributed by atoms with Crippen LogP contribution < -0.4 is 4.72 Å². The van der Waals surface area contributed by atoms with E-state index in [1.54, 1.807) is 13.8 Å². The van der Waals surface area contributed by atoms with Crippen LogP contribution in [0.4, 0.5) is 0 Å². The molecule has 15 heavy (non-hydrogen) atoms. The molecule has 1 rings (SSSR count). The van der Waals surface area contributed by atoms with Crippen molar-refractivity contribution in [1.82, 2.24) is 4.72 Å². The highest BCUT2D eigenvalue weighted by molar-refractivity contribution is 7.90. The molecule has 1 aliphatic carbocycles. The Hall–Kier alpha value is -0.0900. The largest absolute Gasteiger partial charge is 0.217 e. The zero-order valence-corrected chi connectivity index (χ0v) is 10.9. The molecule has 0 amide bonds. The van der Waals surface area contributed by atoms with E-state index >= 15 is 0 Å². The van der Waals surface area contributed by atoms with Crippen LogP contribution in [0.3, 0.4) is 0 Å². The molecule has 0 bridgehead atoms. The van der Waals surface area contributed by atoms with Gasteiger partial charge in [0, 0.05) is 6.04 Å². The fourth-order valence-corrected chi connectivity index (χ4v) is 3.16. The molecule has 0 aliphatic heterocycles. The molecule has 0 unspecified atom stereocenters. The van der Waals surface area contributed by atoms with E-state index in [0.29, 0.717) is 6.42 Å². The van der Waals surface area contributed by atoms with Crippen LogP contribution in [0.25, 0.3) is 0 Å². The lowest BCUT2D eigenvalue weighted by molar-refractivity contribution is 0.405. The van der Waals surface area contributed by atoms with Crippen molar-refractivity contribution in [3.63, 3.8) is 0 Å². The van der Waals surface area contributed by atoms with Gasteiger partial charge in [0.1, 0.15) is 0 Å². The summed E-state index contributed by atoms with van der Waals surface area (Å²) in [6.07, 6.45) is 6.20. The molecule has 0 aromatic heterocycles. The average Bonchev–Trinajstić information content (AvgIpc) is 2.18. The average molecular weight is 233 g/mol. The van der Waals surface area contributed by atoms with Crippen LogP contribution in [0, 0.1) is 0 Å². The van der Waals surface area contributed by atoms with E-state index in [1.165, 1.54) is 6.42 Å². The number of nitrogens with one attached hydrogen (secondary N) is 1. The quantitative estimate of drug-likeness (QED) is 0.810. The lowest BCUT2D eigenvalue weighted by atomic mass is 9.96. The molecule has 0 radical (unpaired) electrons. The third-order valence-electron chi connectivity index (χ3n) is 3.51. The maximum atomic E-state index is 12.0. The number of hydrogen-bond donors (Lipinski definition) is 1. The van der Waals surface area contributed by atoms with E-state index in [2.05, 4.69) is 4.72 Å². The van der Waals surface area contributed by atoms with Crippen molar-refractivity contribution >= 4 is 10.0 Å². The third kappa shape index (κ3) is 3.18. The standard InChI is InChI=1S/C11H23NO2S/c1-4-11(2,3)15(13,14)12-10-8-6-5-7-9-10/h10,12H,4-9H2,1-3H3. The molecule has 1 fully saturated rings.